The molecule has 1 saturated heterocycles. The Balaban J connectivity index is 1.76. The summed E-state index contributed by atoms with van der Waals surface area (Å²) in [6.45, 7) is 6.28. The second kappa shape index (κ2) is 7.33. The Morgan fingerprint density at radius 2 is 2.36 bits per heavy atom. The molecule has 1 amide bonds. The highest BCUT2D eigenvalue weighted by molar-refractivity contribution is 5.88. The van der Waals surface area contributed by atoms with Gasteiger partial charge in [-0.3, -0.25) is 9.59 Å². The number of fused-ring (bicyclic) bond motifs is 1. The average Bonchev–Trinajstić information content (AvgIpc) is 3.11. The number of nitrogens with one attached hydrogen (secondary N) is 2. The van der Waals surface area contributed by atoms with Gasteiger partial charge in [-0.1, -0.05) is 6.58 Å². The van der Waals surface area contributed by atoms with Crippen LogP contribution < -0.4 is 5.32 Å². The Morgan fingerprint density at radius 3 is 3.12 bits per heavy atom. The van der Waals surface area contributed by atoms with Gasteiger partial charge in [0.2, 0.25) is 5.91 Å². The number of likely N-dealkylation sites (tertiary alicyclic amines) is 1. The van der Waals surface area contributed by atoms with Crippen LogP contribution in [0, 0.1) is 0 Å². The molecule has 0 bridgehead atoms. The van der Waals surface area contributed by atoms with Crippen LogP contribution in [0.5, 0.6) is 0 Å². The molecule has 2 aromatic rings. The first-order valence-corrected chi connectivity index (χ1v) is 8.20. The van der Waals surface area contributed by atoms with Crippen molar-refractivity contribution in [2.75, 3.05) is 11.9 Å². The summed E-state index contributed by atoms with van der Waals surface area (Å²) >= 11 is 0. The molecule has 132 valence electrons. The smallest absolute Gasteiger partial charge is 0.293 e. The van der Waals surface area contributed by atoms with Crippen molar-refractivity contribution in [2.24, 2.45) is 0 Å². The number of rotatable bonds is 6. The minimum absolute atomic E-state index is 0.0385. The minimum atomic E-state index is -0.363. The Bertz CT molecular complexity index is 774. The molecule has 0 saturated carbocycles. The van der Waals surface area contributed by atoms with E-state index < -0.39 is 0 Å². The second-order valence-electron chi connectivity index (χ2n) is 6.08. The van der Waals surface area contributed by atoms with E-state index in [0.717, 1.165) is 23.3 Å². The maximum atomic E-state index is 12.3. The van der Waals surface area contributed by atoms with Crippen LogP contribution in [0.25, 0.3) is 11.0 Å². The van der Waals surface area contributed by atoms with Crippen LogP contribution in [-0.4, -0.2) is 57.0 Å². The Morgan fingerprint density at radius 1 is 1.52 bits per heavy atom. The lowest BCUT2D eigenvalue weighted by Crippen LogP contribution is -2.54. The van der Waals surface area contributed by atoms with Crippen LogP contribution >= 0.6 is 0 Å². The lowest BCUT2D eigenvalue weighted by atomic mass is 9.94. The molecule has 0 aliphatic carbocycles. The largest absolute Gasteiger partial charge is 0.463 e. The summed E-state index contributed by atoms with van der Waals surface area (Å²) in [4.78, 5) is 36.1. The number of carbonyl (C=O) groups is 2. The number of carbonyl (C=O) groups excluding carboxylic acids is 2. The van der Waals surface area contributed by atoms with E-state index in [4.69, 9.17) is 4.74 Å². The highest BCUT2D eigenvalue weighted by Crippen LogP contribution is 2.26. The number of aromatic nitrogens is 3. The summed E-state index contributed by atoms with van der Waals surface area (Å²) in [5.74, 6) is 0.560. The van der Waals surface area contributed by atoms with Crippen LogP contribution in [0.1, 0.15) is 19.8 Å². The van der Waals surface area contributed by atoms with Gasteiger partial charge in [-0.05, 0) is 31.9 Å². The Hall–Kier alpha value is -2.90. The third-order valence-corrected chi connectivity index (χ3v) is 4.59. The summed E-state index contributed by atoms with van der Waals surface area (Å²) in [7, 11) is 0. The quantitative estimate of drug-likeness (QED) is 0.609. The first-order valence-electron chi connectivity index (χ1n) is 8.20. The van der Waals surface area contributed by atoms with Gasteiger partial charge >= 0.3 is 0 Å². The molecule has 8 heteroatoms. The third kappa shape index (κ3) is 3.47. The molecular weight excluding hydrogens is 322 g/mol. The number of anilines is 1. The molecular formula is C17H21N5O3. The van der Waals surface area contributed by atoms with E-state index in [1.54, 1.807) is 11.8 Å². The summed E-state index contributed by atoms with van der Waals surface area (Å²) in [6.07, 6.45) is 5.78. The molecule has 0 spiro atoms. The zero-order valence-electron chi connectivity index (χ0n) is 14.0. The second-order valence-corrected chi connectivity index (χ2v) is 6.08. The molecule has 8 nitrogen and oxygen atoms in total. The van der Waals surface area contributed by atoms with Crippen LogP contribution in [-0.2, 0) is 14.3 Å². The summed E-state index contributed by atoms with van der Waals surface area (Å²) in [5, 5.41) is 4.31. The molecule has 0 aromatic carbocycles. The van der Waals surface area contributed by atoms with E-state index in [9.17, 15) is 9.59 Å². The summed E-state index contributed by atoms with van der Waals surface area (Å²) in [5.41, 5.74) is 0.762. The van der Waals surface area contributed by atoms with Gasteiger partial charge in [0, 0.05) is 18.8 Å². The molecule has 0 radical (unpaired) electrons. The third-order valence-electron chi connectivity index (χ3n) is 4.59. The topological polar surface area (TPSA) is 100 Å². The van der Waals surface area contributed by atoms with E-state index in [1.165, 1.54) is 12.4 Å². The van der Waals surface area contributed by atoms with Gasteiger partial charge in [-0.15, -0.1) is 0 Å². The lowest BCUT2D eigenvalue weighted by Gasteiger charge is -2.41. The molecule has 1 aliphatic heterocycles. The Labute approximate surface area is 145 Å². The first-order chi connectivity index (χ1) is 12.1. The van der Waals surface area contributed by atoms with Crippen LogP contribution in [0.15, 0.2) is 31.2 Å². The monoisotopic (exact) mass is 343 g/mol. The molecule has 2 aromatic heterocycles. The van der Waals surface area contributed by atoms with E-state index in [2.05, 4.69) is 26.8 Å². The van der Waals surface area contributed by atoms with Crippen molar-refractivity contribution in [1.82, 2.24) is 19.9 Å². The molecule has 2 N–H and O–H groups in total. The van der Waals surface area contributed by atoms with Crippen LogP contribution in [0.4, 0.5) is 5.82 Å². The molecule has 25 heavy (non-hydrogen) atoms. The number of hydrogen-bond acceptors (Lipinski definition) is 6. The highest BCUT2D eigenvalue weighted by atomic mass is 16.5. The van der Waals surface area contributed by atoms with Gasteiger partial charge < -0.3 is 19.9 Å². The van der Waals surface area contributed by atoms with E-state index in [-0.39, 0.29) is 24.1 Å². The normalized spacial score (nSPS) is 21.6. The van der Waals surface area contributed by atoms with Crippen molar-refractivity contribution in [1.29, 1.82) is 0 Å². The maximum absolute atomic E-state index is 12.3. The first kappa shape index (κ1) is 16.9. The SMILES string of the molecule is C=CC(=O)N1C[C@@H](Nc2ncnc3[nH]ccc23)CC[C@@H]1[C@@H](C)OC=O. The molecule has 1 aliphatic rings. The van der Waals surface area contributed by atoms with Crippen molar-refractivity contribution in [3.8, 4) is 0 Å². The average molecular weight is 343 g/mol. The predicted molar refractivity (Wildman–Crippen MR) is 92.8 cm³/mol. The minimum Gasteiger partial charge on any atom is -0.463 e. The van der Waals surface area contributed by atoms with Crippen molar-refractivity contribution < 1.29 is 14.3 Å². The van der Waals surface area contributed by atoms with Gasteiger partial charge in [0.05, 0.1) is 11.4 Å². The number of nitrogens with zero attached hydrogens (tertiary/aromatic N) is 3. The summed E-state index contributed by atoms with van der Waals surface area (Å²) in [6, 6.07) is 1.79. The number of hydrogen-bond donors (Lipinski definition) is 2. The fraction of sp³-hybridized carbons (Fsp3) is 0.412. The van der Waals surface area contributed by atoms with Gasteiger partial charge in [0.15, 0.2) is 0 Å². The number of H-pyrrole nitrogens is 1. The van der Waals surface area contributed by atoms with Crippen LogP contribution in [0.2, 0.25) is 0 Å². The van der Waals surface area contributed by atoms with Crippen molar-refractivity contribution in [3.63, 3.8) is 0 Å². The van der Waals surface area contributed by atoms with E-state index in [0.29, 0.717) is 19.4 Å². The standard InChI is InChI=1S/C17H21N5O3/c1-3-15(24)22-8-12(4-5-14(22)11(2)25-10-23)21-17-13-6-7-18-16(13)19-9-20-17/h3,6-7,9-12,14H,1,4-5,8H2,2H3,(H2,18,19,20,21)/t11-,12+,14-/m1/s1. The number of amides is 1. The van der Waals surface area contributed by atoms with Gasteiger partial charge in [-0.25, -0.2) is 9.97 Å². The van der Waals surface area contributed by atoms with Crippen molar-refractivity contribution >= 4 is 29.2 Å². The fourth-order valence-corrected chi connectivity index (χ4v) is 3.33. The predicted octanol–water partition coefficient (Wildman–Crippen LogP) is 1.48. The van der Waals surface area contributed by atoms with E-state index in [1.807, 2.05) is 12.3 Å². The Kier molecular flexibility index (Phi) is 4.97. The lowest BCUT2D eigenvalue weighted by molar-refractivity contribution is -0.143. The molecule has 1 fully saturated rings. The fourth-order valence-electron chi connectivity index (χ4n) is 3.33. The van der Waals surface area contributed by atoms with Crippen LogP contribution in [0.3, 0.4) is 0 Å². The number of aromatic amines is 1. The molecule has 3 atom stereocenters. The highest BCUT2D eigenvalue weighted by Gasteiger charge is 2.35. The van der Waals surface area contributed by atoms with E-state index >= 15 is 0 Å². The van der Waals surface area contributed by atoms with Gasteiger partial charge in [0.25, 0.3) is 6.47 Å². The van der Waals surface area contributed by atoms with Gasteiger partial charge in [-0.2, -0.15) is 0 Å². The zero-order chi connectivity index (χ0) is 17.8. The number of ether oxygens (including phenoxy) is 1. The van der Waals surface area contributed by atoms with Gasteiger partial charge in [0.1, 0.15) is 23.9 Å². The number of piperidine rings is 1. The maximum Gasteiger partial charge on any atom is 0.293 e. The molecule has 0 unspecified atom stereocenters. The summed E-state index contributed by atoms with van der Waals surface area (Å²) < 4.78 is 5.05. The molecule has 3 rings (SSSR count). The van der Waals surface area contributed by atoms with Crippen molar-refractivity contribution in [3.05, 3.63) is 31.2 Å². The van der Waals surface area contributed by atoms with Crippen molar-refractivity contribution in [2.45, 2.75) is 38.0 Å². The zero-order valence-corrected chi connectivity index (χ0v) is 14.0. The molecule has 3 heterocycles.